The Morgan fingerprint density at radius 3 is 3.23 bits per heavy atom. The van der Waals surface area contributed by atoms with Crippen LogP contribution in [0, 0.1) is 0 Å². The predicted octanol–water partition coefficient (Wildman–Crippen LogP) is 1.50. The largest absolute Gasteiger partial charge is 0.378 e. The van der Waals surface area contributed by atoms with Crippen molar-refractivity contribution in [3.05, 3.63) is 28.5 Å². The highest BCUT2D eigenvalue weighted by molar-refractivity contribution is 9.10. The van der Waals surface area contributed by atoms with Crippen LogP contribution in [0.1, 0.15) is 11.6 Å². The lowest BCUT2D eigenvalue weighted by molar-refractivity contribution is 0.0765. The average molecular weight is 243 g/mol. The molecule has 13 heavy (non-hydrogen) atoms. The van der Waals surface area contributed by atoms with Gasteiger partial charge in [0.25, 0.3) is 0 Å². The molecule has 1 fully saturated rings. The number of hydrogen-bond donors (Lipinski definition) is 1. The fourth-order valence-corrected chi connectivity index (χ4v) is 1.95. The van der Waals surface area contributed by atoms with Crippen LogP contribution in [0.4, 0.5) is 0 Å². The van der Waals surface area contributed by atoms with Gasteiger partial charge < -0.3 is 10.1 Å². The first-order chi connectivity index (χ1) is 6.38. The number of pyridine rings is 1. The molecule has 0 saturated carbocycles. The number of nitrogens with zero attached hydrogens (tertiary/aromatic N) is 1. The van der Waals surface area contributed by atoms with Gasteiger partial charge in [-0.05, 0) is 22.0 Å². The van der Waals surface area contributed by atoms with Gasteiger partial charge in [-0.2, -0.15) is 0 Å². The molecule has 2 heterocycles. The summed E-state index contributed by atoms with van der Waals surface area (Å²) in [6, 6.07) is 4.27. The van der Waals surface area contributed by atoms with E-state index < -0.39 is 0 Å². The van der Waals surface area contributed by atoms with Gasteiger partial charge in [-0.15, -0.1) is 0 Å². The van der Waals surface area contributed by atoms with Crippen molar-refractivity contribution in [2.45, 2.75) is 6.04 Å². The first-order valence-corrected chi connectivity index (χ1v) is 5.09. The van der Waals surface area contributed by atoms with Crippen molar-refractivity contribution in [3.8, 4) is 0 Å². The first-order valence-electron chi connectivity index (χ1n) is 4.29. The summed E-state index contributed by atoms with van der Waals surface area (Å²) in [4.78, 5) is 4.18. The molecule has 70 valence electrons. The Bertz CT molecular complexity index is 287. The lowest BCUT2D eigenvalue weighted by Crippen LogP contribution is -2.34. The van der Waals surface area contributed by atoms with Crippen molar-refractivity contribution in [1.29, 1.82) is 0 Å². The van der Waals surface area contributed by atoms with E-state index >= 15 is 0 Å². The van der Waals surface area contributed by atoms with Crippen LogP contribution >= 0.6 is 15.9 Å². The van der Waals surface area contributed by atoms with Gasteiger partial charge in [0.05, 0.1) is 19.3 Å². The molecule has 1 atom stereocenters. The summed E-state index contributed by atoms with van der Waals surface area (Å²) < 4.78 is 6.28. The third-order valence-corrected chi connectivity index (χ3v) is 2.75. The predicted molar refractivity (Wildman–Crippen MR) is 53.5 cm³/mol. The molecule has 4 heteroatoms. The molecule has 1 aliphatic rings. The summed E-state index contributed by atoms with van der Waals surface area (Å²) in [5.41, 5.74) is 1.17. The fraction of sp³-hybridized carbons (Fsp3) is 0.444. The quantitative estimate of drug-likeness (QED) is 0.759. The third kappa shape index (κ3) is 2.07. The molecule has 0 bridgehead atoms. The molecule has 1 unspecified atom stereocenters. The second-order valence-corrected chi connectivity index (χ2v) is 3.72. The SMILES string of the molecule is Brc1ncccc1C1COCCN1. The number of rotatable bonds is 1. The second-order valence-electron chi connectivity index (χ2n) is 2.97. The van der Waals surface area contributed by atoms with Crippen molar-refractivity contribution in [2.24, 2.45) is 0 Å². The van der Waals surface area contributed by atoms with Crippen LogP contribution in [0.2, 0.25) is 0 Å². The second kappa shape index (κ2) is 4.17. The maximum Gasteiger partial charge on any atom is 0.110 e. The van der Waals surface area contributed by atoms with Crippen LogP contribution in [0.5, 0.6) is 0 Å². The molecule has 1 aromatic rings. The maximum atomic E-state index is 5.38. The van der Waals surface area contributed by atoms with E-state index in [1.54, 1.807) is 6.20 Å². The molecule has 0 amide bonds. The van der Waals surface area contributed by atoms with Crippen LogP contribution in [0.3, 0.4) is 0 Å². The minimum absolute atomic E-state index is 0.275. The van der Waals surface area contributed by atoms with Gasteiger partial charge in [0.2, 0.25) is 0 Å². The van der Waals surface area contributed by atoms with Crippen LogP contribution in [0.25, 0.3) is 0 Å². The molecule has 0 radical (unpaired) electrons. The summed E-state index contributed by atoms with van der Waals surface area (Å²) in [6.45, 7) is 2.44. The van der Waals surface area contributed by atoms with E-state index in [0.29, 0.717) is 0 Å². The lowest BCUT2D eigenvalue weighted by Gasteiger charge is -2.24. The van der Waals surface area contributed by atoms with E-state index in [1.807, 2.05) is 6.07 Å². The molecule has 0 aliphatic carbocycles. The minimum atomic E-state index is 0.275. The number of ether oxygens (including phenoxy) is 1. The Morgan fingerprint density at radius 1 is 1.62 bits per heavy atom. The van der Waals surface area contributed by atoms with Gasteiger partial charge in [-0.25, -0.2) is 4.98 Å². The van der Waals surface area contributed by atoms with Crippen LogP contribution in [-0.2, 0) is 4.74 Å². The first kappa shape index (κ1) is 9.12. The fourth-order valence-electron chi connectivity index (χ4n) is 1.42. The van der Waals surface area contributed by atoms with Crippen molar-refractivity contribution in [1.82, 2.24) is 10.3 Å². The van der Waals surface area contributed by atoms with E-state index in [4.69, 9.17) is 4.74 Å². The summed E-state index contributed by atoms with van der Waals surface area (Å²) in [5, 5.41) is 3.38. The van der Waals surface area contributed by atoms with Crippen LogP contribution < -0.4 is 5.32 Å². The van der Waals surface area contributed by atoms with Crippen LogP contribution in [0.15, 0.2) is 22.9 Å². The number of aromatic nitrogens is 1. The van der Waals surface area contributed by atoms with Crippen molar-refractivity contribution in [2.75, 3.05) is 19.8 Å². The molecule has 1 aromatic heterocycles. The van der Waals surface area contributed by atoms with Crippen molar-refractivity contribution in [3.63, 3.8) is 0 Å². The lowest BCUT2D eigenvalue weighted by atomic mass is 10.1. The highest BCUT2D eigenvalue weighted by Crippen LogP contribution is 2.22. The summed E-state index contributed by atoms with van der Waals surface area (Å²) in [7, 11) is 0. The Kier molecular flexibility index (Phi) is 2.93. The Morgan fingerprint density at radius 2 is 2.54 bits per heavy atom. The van der Waals surface area contributed by atoms with Crippen molar-refractivity contribution >= 4 is 15.9 Å². The van der Waals surface area contributed by atoms with E-state index in [1.165, 1.54) is 5.56 Å². The van der Waals surface area contributed by atoms with Gasteiger partial charge in [-0.1, -0.05) is 6.07 Å². The van der Waals surface area contributed by atoms with Crippen molar-refractivity contribution < 1.29 is 4.74 Å². The number of nitrogens with one attached hydrogen (secondary N) is 1. The Labute approximate surface area is 85.6 Å². The normalized spacial score (nSPS) is 23.0. The standard InChI is InChI=1S/C9H11BrN2O/c10-9-7(2-1-3-12-9)8-6-13-5-4-11-8/h1-3,8,11H,4-6H2. The van der Waals surface area contributed by atoms with Crippen LogP contribution in [-0.4, -0.2) is 24.7 Å². The Hall–Kier alpha value is -0.450. The third-order valence-electron chi connectivity index (χ3n) is 2.09. The number of morpholine rings is 1. The molecular formula is C9H11BrN2O. The number of hydrogen-bond acceptors (Lipinski definition) is 3. The van der Waals surface area contributed by atoms with E-state index in [-0.39, 0.29) is 6.04 Å². The maximum absolute atomic E-state index is 5.38. The zero-order valence-electron chi connectivity index (χ0n) is 7.16. The molecule has 1 N–H and O–H groups in total. The highest BCUT2D eigenvalue weighted by atomic mass is 79.9. The highest BCUT2D eigenvalue weighted by Gasteiger charge is 2.17. The molecule has 2 rings (SSSR count). The van der Waals surface area contributed by atoms with Gasteiger partial charge >= 0.3 is 0 Å². The molecule has 0 spiro atoms. The number of halogens is 1. The van der Waals surface area contributed by atoms with E-state index in [9.17, 15) is 0 Å². The molecule has 3 nitrogen and oxygen atoms in total. The van der Waals surface area contributed by atoms with Gasteiger partial charge in [0.15, 0.2) is 0 Å². The van der Waals surface area contributed by atoms with Gasteiger partial charge in [-0.3, -0.25) is 0 Å². The topological polar surface area (TPSA) is 34.1 Å². The summed E-state index contributed by atoms with van der Waals surface area (Å²) >= 11 is 3.43. The zero-order valence-corrected chi connectivity index (χ0v) is 8.75. The molecule has 0 aromatic carbocycles. The Balaban J connectivity index is 2.18. The van der Waals surface area contributed by atoms with E-state index in [2.05, 4.69) is 32.3 Å². The zero-order chi connectivity index (χ0) is 9.10. The van der Waals surface area contributed by atoms with Gasteiger partial charge in [0, 0.05) is 18.3 Å². The summed E-state index contributed by atoms with van der Waals surface area (Å²) in [6.07, 6.45) is 1.78. The smallest absolute Gasteiger partial charge is 0.110 e. The average Bonchev–Trinajstić information content (AvgIpc) is 2.20. The monoisotopic (exact) mass is 242 g/mol. The summed E-state index contributed by atoms with van der Waals surface area (Å²) in [5.74, 6) is 0. The minimum Gasteiger partial charge on any atom is -0.378 e. The molecule has 1 saturated heterocycles. The molecular weight excluding hydrogens is 232 g/mol. The molecule has 1 aliphatic heterocycles. The van der Waals surface area contributed by atoms with Gasteiger partial charge in [0.1, 0.15) is 4.60 Å². The van der Waals surface area contributed by atoms with E-state index in [0.717, 1.165) is 24.4 Å².